The summed E-state index contributed by atoms with van der Waals surface area (Å²) in [6.07, 6.45) is 2.54. The quantitative estimate of drug-likeness (QED) is 0.853. The summed E-state index contributed by atoms with van der Waals surface area (Å²) < 4.78 is 5.35. The van der Waals surface area contributed by atoms with E-state index in [-0.39, 0.29) is 24.5 Å². The van der Waals surface area contributed by atoms with Gasteiger partial charge in [-0.3, -0.25) is 9.78 Å². The molecule has 0 aliphatic carbocycles. The van der Waals surface area contributed by atoms with Gasteiger partial charge in [0.15, 0.2) is 0 Å². The molecule has 0 radical (unpaired) electrons. The zero-order valence-electron chi connectivity index (χ0n) is 14.9. The minimum absolute atomic E-state index is 0.0333. The van der Waals surface area contributed by atoms with E-state index in [2.05, 4.69) is 10.3 Å². The molecule has 6 nitrogen and oxygen atoms in total. The van der Waals surface area contributed by atoms with Crippen molar-refractivity contribution in [3.63, 3.8) is 0 Å². The molecule has 0 unspecified atom stereocenters. The molecule has 3 rings (SSSR count). The fraction of sp³-hybridized carbons (Fsp3) is 0.350. The van der Waals surface area contributed by atoms with Gasteiger partial charge in [0.2, 0.25) is 5.91 Å². The van der Waals surface area contributed by atoms with Crippen molar-refractivity contribution in [2.75, 3.05) is 13.1 Å². The second kappa shape index (κ2) is 9.37. The van der Waals surface area contributed by atoms with Crippen LogP contribution in [0.5, 0.6) is 0 Å². The van der Waals surface area contributed by atoms with Crippen LogP contribution in [0, 0.1) is 5.92 Å². The van der Waals surface area contributed by atoms with Gasteiger partial charge in [-0.05, 0) is 30.5 Å². The molecular weight excluding hydrogens is 366 g/mol. The minimum Gasteiger partial charge on any atom is -0.445 e. The summed E-state index contributed by atoms with van der Waals surface area (Å²) >= 11 is 6.05. The van der Waals surface area contributed by atoms with E-state index >= 15 is 0 Å². The van der Waals surface area contributed by atoms with E-state index in [0.717, 1.165) is 5.56 Å². The van der Waals surface area contributed by atoms with Crippen LogP contribution in [-0.2, 0) is 22.7 Å². The normalized spacial score (nSPS) is 14.6. The van der Waals surface area contributed by atoms with E-state index < -0.39 is 0 Å². The first-order valence-electron chi connectivity index (χ1n) is 8.96. The van der Waals surface area contributed by atoms with Crippen LogP contribution < -0.4 is 5.32 Å². The Bertz CT molecular complexity index is 777. The Morgan fingerprint density at radius 2 is 1.89 bits per heavy atom. The van der Waals surface area contributed by atoms with Crippen LogP contribution in [0.1, 0.15) is 24.1 Å². The molecule has 142 valence electrons. The van der Waals surface area contributed by atoms with E-state index in [0.29, 0.717) is 43.2 Å². The summed E-state index contributed by atoms with van der Waals surface area (Å²) in [5, 5.41) is 3.42. The zero-order valence-corrected chi connectivity index (χ0v) is 15.7. The largest absolute Gasteiger partial charge is 0.445 e. The molecule has 1 aromatic carbocycles. The molecule has 7 heteroatoms. The van der Waals surface area contributed by atoms with E-state index in [9.17, 15) is 9.59 Å². The predicted octanol–water partition coefficient (Wildman–Crippen LogP) is 3.40. The highest BCUT2D eigenvalue weighted by Crippen LogP contribution is 2.19. The Morgan fingerprint density at radius 3 is 2.59 bits per heavy atom. The van der Waals surface area contributed by atoms with Crippen molar-refractivity contribution in [2.24, 2.45) is 5.92 Å². The van der Waals surface area contributed by atoms with Gasteiger partial charge in [-0.1, -0.05) is 41.9 Å². The van der Waals surface area contributed by atoms with Crippen LogP contribution in [-0.4, -0.2) is 35.0 Å². The number of amides is 2. The Balaban J connectivity index is 1.40. The lowest BCUT2D eigenvalue weighted by molar-refractivity contribution is -0.126. The second-order valence-electron chi connectivity index (χ2n) is 6.45. The van der Waals surface area contributed by atoms with Crippen LogP contribution >= 0.6 is 11.6 Å². The van der Waals surface area contributed by atoms with Crippen LogP contribution in [0.3, 0.4) is 0 Å². The van der Waals surface area contributed by atoms with Crippen molar-refractivity contribution in [1.82, 2.24) is 15.2 Å². The molecule has 0 spiro atoms. The number of halogens is 1. The van der Waals surface area contributed by atoms with Crippen molar-refractivity contribution in [3.05, 3.63) is 64.9 Å². The third-order valence-corrected chi connectivity index (χ3v) is 4.94. The fourth-order valence-electron chi connectivity index (χ4n) is 3.00. The van der Waals surface area contributed by atoms with E-state index in [1.807, 2.05) is 30.3 Å². The number of ether oxygens (including phenoxy) is 1. The van der Waals surface area contributed by atoms with Gasteiger partial charge in [0, 0.05) is 25.2 Å². The highest BCUT2D eigenvalue weighted by atomic mass is 35.5. The summed E-state index contributed by atoms with van der Waals surface area (Å²) in [6, 6.07) is 13.1. The van der Waals surface area contributed by atoms with Gasteiger partial charge in [-0.15, -0.1) is 0 Å². The van der Waals surface area contributed by atoms with Gasteiger partial charge in [-0.2, -0.15) is 0 Å². The van der Waals surface area contributed by atoms with Crippen molar-refractivity contribution in [2.45, 2.75) is 26.0 Å². The van der Waals surface area contributed by atoms with Gasteiger partial charge in [0.1, 0.15) is 6.61 Å². The lowest BCUT2D eigenvalue weighted by Crippen LogP contribution is -2.43. The molecule has 1 N–H and O–H groups in total. The van der Waals surface area contributed by atoms with E-state index in [1.54, 1.807) is 23.2 Å². The number of hydrogen-bond acceptors (Lipinski definition) is 4. The lowest BCUT2D eigenvalue weighted by Gasteiger charge is -2.30. The molecule has 1 saturated heterocycles. The standard InChI is InChI=1S/C20H22ClN3O3/c21-17-7-4-10-22-18(17)13-23-19(25)16-8-11-24(12-9-16)20(26)27-14-15-5-2-1-3-6-15/h1-7,10,16H,8-9,11-14H2,(H,23,25). The van der Waals surface area contributed by atoms with Gasteiger partial charge in [0.05, 0.1) is 17.3 Å². The number of nitrogens with zero attached hydrogens (tertiary/aromatic N) is 2. The molecule has 0 atom stereocenters. The Labute approximate surface area is 163 Å². The van der Waals surface area contributed by atoms with Gasteiger partial charge >= 0.3 is 6.09 Å². The highest BCUT2D eigenvalue weighted by molar-refractivity contribution is 6.31. The Kier molecular flexibility index (Phi) is 6.65. The third kappa shape index (κ3) is 5.44. The summed E-state index contributed by atoms with van der Waals surface area (Å²) in [6.45, 7) is 1.58. The average molecular weight is 388 g/mol. The molecule has 1 aliphatic rings. The molecule has 0 bridgehead atoms. The van der Waals surface area contributed by atoms with Crippen molar-refractivity contribution in [3.8, 4) is 0 Å². The number of benzene rings is 1. The lowest BCUT2D eigenvalue weighted by atomic mass is 9.96. The summed E-state index contributed by atoms with van der Waals surface area (Å²) in [5.74, 6) is -0.153. The number of nitrogens with one attached hydrogen (secondary N) is 1. The topological polar surface area (TPSA) is 71.5 Å². The summed E-state index contributed by atoms with van der Waals surface area (Å²) in [5.41, 5.74) is 1.60. The Morgan fingerprint density at radius 1 is 1.15 bits per heavy atom. The molecule has 27 heavy (non-hydrogen) atoms. The highest BCUT2D eigenvalue weighted by Gasteiger charge is 2.28. The smallest absolute Gasteiger partial charge is 0.410 e. The molecule has 1 aliphatic heterocycles. The maximum Gasteiger partial charge on any atom is 0.410 e. The predicted molar refractivity (Wildman–Crippen MR) is 102 cm³/mol. The SMILES string of the molecule is O=C(NCc1ncccc1Cl)C1CCN(C(=O)OCc2ccccc2)CC1. The van der Waals surface area contributed by atoms with Crippen molar-refractivity contribution >= 4 is 23.6 Å². The number of likely N-dealkylation sites (tertiary alicyclic amines) is 1. The monoisotopic (exact) mass is 387 g/mol. The maximum absolute atomic E-state index is 12.4. The molecule has 1 fully saturated rings. The van der Waals surface area contributed by atoms with Crippen LogP contribution in [0.2, 0.25) is 5.02 Å². The number of pyridine rings is 1. The number of rotatable bonds is 5. The molecular formula is C20H22ClN3O3. The van der Waals surface area contributed by atoms with Gasteiger partial charge in [-0.25, -0.2) is 4.79 Å². The summed E-state index contributed by atoms with van der Waals surface area (Å²) in [7, 11) is 0. The fourth-order valence-corrected chi connectivity index (χ4v) is 3.19. The third-order valence-electron chi connectivity index (χ3n) is 4.59. The van der Waals surface area contributed by atoms with Crippen molar-refractivity contribution < 1.29 is 14.3 Å². The van der Waals surface area contributed by atoms with Crippen LogP contribution in [0.25, 0.3) is 0 Å². The second-order valence-corrected chi connectivity index (χ2v) is 6.86. The molecule has 2 amide bonds. The first-order valence-corrected chi connectivity index (χ1v) is 9.34. The first kappa shape index (κ1) is 19.2. The Hall–Kier alpha value is -2.60. The van der Waals surface area contributed by atoms with E-state index in [4.69, 9.17) is 16.3 Å². The minimum atomic E-state index is -0.335. The van der Waals surface area contributed by atoms with Crippen LogP contribution in [0.15, 0.2) is 48.7 Å². The molecule has 2 aromatic rings. The number of aromatic nitrogens is 1. The van der Waals surface area contributed by atoms with Crippen LogP contribution in [0.4, 0.5) is 4.79 Å². The zero-order chi connectivity index (χ0) is 19.1. The first-order chi connectivity index (χ1) is 13.1. The van der Waals surface area contributed by atoms with Gasteiger partial charge in [0.25, 0.3) is 0 Å². The molecule has 0 saturated carbocycles. The molecule has 2 heterocycles. The van der Waals surface area contributed by atoms with Gasteiger partial charge < -0.3 is 15.0 Å². The van der Waals surface area contributed by atoms with E-state index in [1.165, 1.54) is 0 Å². The molecule has 1 aromatic heterocycles. The number of hydrogen-bond donors (Lipinski definition) is 1. The number of carbonyl (C=O) groups is 2. The number of carbonyl (C=O) groups excluding carboxylic acids is 2. The maximum atomic E-state index is 12.4. The summed E-state index contributed by atoms with van der Waals surface area (Å²) in [4.78, 5) is 30.3. The van der Waals surface area contributed by atoms with Crippen molar-refractivity contribution in [1.29, 1.82) is 0 Å². The number of piperidine rings is 1. The average Bonchev–Trinajstić information content (AvgIpc) is 2.72.